The topological polar surface area (TPSA) is 121 Å². The quantitative estimate of drug-likeness (QED) is 0.737. The molecule has 3 rings (SSSR count). The number of hydrogen-bond donors (Lipinski definition) is 2. The smallest absolute Gasteiger partial charge is 0.310 e. The first-order valence-corrected chi connectivity index (χ1v) is 10.8. The number of sulfonamides is 2. The first-order chi connectivity index (χ1) is 11.5. The Morgan fingerprint density at radius 1 is 1.16 bits per heavy atom. The molecular formula is C15H20N2O6S2. The molecule has 1 aliphatic heterocycles. The molecule has 25 heavy (non-hydrogen) atoms. The zero-order chi connectivity index (χ0) is 18.5. The fourth-order valence-electron chi connectivity index (χ4n) is 2.73. The summed E-state index contributed by atoms with van der Waals surface area (Å²) in [6, 6.07) is 4.96. The van der Waals surface area contributed by atoms with Crippen molar-refractivity contribution >= 4 is 26.0 Å². The van der Waals surface area contributed by atoms with Crippen LogP contribution in [0.25, 0.3) is 0 Å². The SMILES string of the molecule is CC1(C(=O)O)CCN(S(=O)(=O)c2ccc(S(=O)(=O)NC3CC3)cc2)C1. The Balaban J connectivity index is 1.81. The summed E-state index contributed by atoms with van der Waals surface area (Å²) in [7, 11) is -7.51. The number of carbonyl (C=O) groups is 1. The number of carboxylic acid groups (broad SMARTS) is 1. The van der Waals surface area contributed by atoms with Gasteiger partial charge in [-0.2, -0.15) is 4.31 Å². The number of aliphatic carboxylic acids is 1. The van der Waals surface area contributed by atoms with E-state index in [1.165, 1.54) is 31.2 Å². The molecule has 1 unspecified atom stereocenters. The van der Waals surface area contributed by atoms with E-state index in [-0.39, 0.29) is 35.3 Å². The highest BCUT2D eigenvalue weighted by atomic mass is 32.2. The number of nitrogens with zero attached hydrogens (tertiary/aromatic N) is 1. The van der Waals surface area contributed by atoms with Gasteiger partial charge in [-0.25, -0.2) is 21.6 Å². The number of rotatable bonds is 6. The van der Waals surface area contributed by atoms with E-state index in [2.05, 4.69) is 4.72 Å². The van der Waals surface area contributed by atoms with Crippen LogP contribution in [0.1, 0.15) is 26.2 Å². The lowest BCUT2D eigenvalue weighted by atomic mass is 9.90. The van der Waals surface area contributed by atoms with Crippen LogP contribution >= 0.6 is 0 Å². The van der Waals surface area contributed by atoms with E-state index in [1.807, 2.05) is 0 Å². The summed E-state index contributed by atoms with van der Waals surface area (Å²) >= 11 is 0. The molecule has 1 aliphatic carbocycles. The molecular weight excluding hydrogens is 368 g/mol. The summed E-state index contributed by atoms with van der Waals surface area (Å²) in [6.45, 7) is 1.53. The van der Waals surface area contributed by atoms with Crippen molar-refractivity contribution in [3.63, 3.8) is 0 Å². The highest BCUT2D eigenvalue weighted by Crippen LogP contribution is 2.34. The van der Waals surface area contributed by atoms with Gasteiger partial charge in [0.2, 0.25) is 20.0 Å². The lowest BCUT2D eigenvalue weighted by Gasteiger charge is -2.20. The van der Waals surface area contributed by atoms with Crippen LogP contribution in [0.3, 0.4) is 0 Å². The predicted octanol–water partition coefficient (Wildman–Crippen LogP) is 0.613. The van der Waals surface area contributed by atoms with Gasteiger partial charge in [0.1, 0.15) is 0 Å². The normalized spacial score (nSPS) is 25.2. The van der Waals surface area contributed by atoms with Crippen LogP contribution < -0.4 is 4.72 Å². The van der Waals surface area contributed by atoms with E-state index in [9.17, 15) is 26.7 Å². The molecule has 0 radical (unpaired) electrons. The molecule has 0 amide bonds. The van der Waals surface area contributed by atoms with Crippen molar-refractivity contribution in [3.05, 3.63) is 24.3 Å². The summed E-state index contributed by atoms with van der Waals surface area (Å²) in [4.78, 5) is 11.2. The average molecular weight is 388 g/mol. The second kappa shape index (κ2) is 6.04. The molecule has 1 aromatic carbocycles. The van der Waals surface area contributed by atoms with Crippen LogP contribution in [0.4, 0.5) is 0 Å². The van der Waals surface area contributed by atoms with Crippen molar-refractivity contribution in [1.29, 1.82) is 0 Å². The summed E-state index contributed by atoms with van der Waals surface area (Å²) in [5.41, 5.74) is -1.11. The Morgan fingerprint density at radius 2 is 1.72 bits per heavy atom. The highest BCUT2D eigenvalue weighted by molar-refractivity contribution is 7.89. The minimum Gasteiger partial charge on any atom is -0.481 e. The van der Waals surface area contributed by atoms with Crippen molar-refractivity contribution in [2.24, 2.45) is 5.41 Å². The van der Waals surface area contributed by atoms with E-state index in [0.717, 1.165) is 17.1 Å². The van der Waals surface area contributed by atoms with Crippen molar-refractivity contribution in [1.82, 2.24) is 9.03 Å². The lowest BCUT2D eigenvalue weighted by molar-refractivity contribution is -0.146. The minimum atomic E-state index is -3.86. The molecule has 0 spiro atoms. The molecule has 1 saturated heterocycles. The van der Waals surface area contributed by atoms with Gasteiger partial charge >= 0.3 is 5.97 Å². The maximum absolute atomic E-state index is 12.7. The van der Waals surface area contributed by atoms with Crippen molar-refractivity contribution < 1.29 is 26.7 Å². The Hall–Kier alpha value is -1.49. The van der Waals surface area contributed by atoms with E-state index in [4.69, 9.17) is 0 Å². The van der Waals surface area contributed by atoms with Crippen molar-refractivity contribution in [2.75, 3.05) is 13.1 Å². The van der Waals surface area contributed by atoms with Gasteiger partial charge in [0.05, 0.1) is 15.2 Å². The monoisotopic (exact) mass is 388 g/mol. The second-order valence-electron chi connectivity index (χ2n) is 6.82. The van der Waals surface area contributed by atoms with Crippen LogP contribution in [0, 0.1) is 5.41 Å². The van der Waals surface area contributed by atoms with Crippen molar-refractivity contribution in [3.8, 4) is 0 Å². The predicted molar refractivity (Wildman–Crippen MR) is 88.9 cm³/mol. The third-order valence-electron chi connectivity index (χ3n) is 4.63. The molecule has 0 bridgehead atoms. The largest absolute Gasteiger partial charge is 0.481 e. The number of hydrogen-bond acceptors (Lipinski definition) is 5. The maximum atomic E-state index is 12.7. The van der Waals surface area contributed by atoms with E-state index >= 15 is 0 Å². The van der Waals surface area contributed by atoms with Gasteiger partial charge in [-0.05, 0) is 50.5 Å². The highest BCUT2D eigenvalue weighted by Gasteiger charge is 2.44. The molecule has 8 nitrogen and oxygen atoms in total. The molecule has 2 fully saturated rings. The fourth-order valence-corrected chi connectivity index (χ4v) is 5.60. The summed E-state index contributed by atoms with van der Waals surface area (Å²) in [5.74, 6) is -1.03. The van der Waals surface area contributed by atoms with Crippen LogP contribution in [0.5, 0.6) is 0 Å². The maximum Gasteiger partial charge on any atom is 0.310 e. The Morgan fingerprint density at radius 3 is 2.20 bits per heavy atom. The second-order valence-corrected chi connectivity index (χ2v) is 10.5. The summed E-state index contributed by atoms with van der Waals surface area (Å²) < 4.78 is 53.2. The number of nitrogens with one attached hydrogen (secondary N) is 1. The third kappa shape index (κ3) is 3.57. The molecule has 2 N–H and O–H groups in total. The standard InChI is InChI=1S/C15H20N2O6S2/c1-15(14(18)19)8-9-17(10-15)25(22,23)13-6-4-12(5-7-13)24(20,21)16-11-2-3-11/h4-7,11,16H,2-3,8-10H2,1H3,(H,18,19). The molecule has 1 heterocycles. The number of carboxylic acids is 1. The van der Waals surface area contributed by atoms with E-state index in [1.54, 1.807) is 0 Å². The van der Waals surface area contributed by atoms with Crippen LogP contribution in [-0.2, 0) is 24.8 Å². The van der Waals surface area contributed by atoms with Gasteiger partial charge in [0.25, 0.3) is 0 Å². The molecule has 1 aromatic rings. The number of benzene rings is 1. The van der Waals surface area contributed by atoms with Gasteiger partial charge < -0.3 is 5.11 Å². The van der Waals surface area contributed by atoms with Crippen LogP contribution in [0.15, 0.2) is 34.1 Å². The van der Waals surface area contributed by atoms with E-state index < -0.39 is 31.4 Å². The molecule has 1 atom stereocenters. The van der Waals surface area contributed by atoms with Crippen LogP contribution in [-0.4, -0.2) is 51.3 Å². The Labute approximate surface area is 146 Å². The van der Waals surface area contributed by atoms with Gasteiger partial charge in [-0.1, -0.05) is 0 Å². The zero-order valence-electron chi connectivity index (χ0n) is 13.7. The molecule has 0 aromatic heterocycles. The molecule has 10 heteroatoms. The Bertz CT molecular complexity index is 890. The minimum absolute atomic E-state index is 0.00939. The lowest BCUT2D eigenvalue weighted by Crippen LogP contribution is -2.34. The molecule has 138 valence electrons. The third-order valence-corrected chi connectivity index (χ3v) is 8.02. The van der Waals surface area contributed by atoms with Crippen LogP contribution in [0.2, 0.25) is 0 Å². The van der Waals surface area contributed by atoms with Gasteiger partial charge in [-0.15, -0.1) is 0 Å². The van der Waals surface area contributed by atoms with Gasteiger partial charge in [-0.3, -0.25) is 4.79 Å². The molecule has 1 saturated carbocycles. The van der Waals surface area contributed by atoms with E-state index in [0.29, 0.717) is 0 Å². The first-order valence-electron chi connectivity index (χ1n) is 7.91. The van der Waals surface area contributed by atoms with Crippen molar-refractivity contribution in [2.45, 2.75) is 42.0 Å². The van der Waals surface area contributed by atoms with Gasteiger partial charge in [0, 0.05) is 19.1 Å². The summed E-state index contributed by atoms with van der Waals surface area (Å²) in [5, 5.41) is 9.23. The molecule has 2 aliphatic rings. The average Bonchev–Trinajstić information content (AvgIpc) is 3.24. The zero-order valence-corrected chi connectivity index (χ0v) is 15.3. The Kier molecular flexibility index (Phi) is 4.43. The van der Waals surface area contributed by atoms with Gasteiger partial charge in [0.15, 0.2) is 0 Å². The summed E-state index contributed by atoms with van der Waals surface area (Å²) in [6.07, 6.45) is 1.85. The first kappa shape index (κ1) is 18.3. The fraction of sp³-hybridized carbons (Fsp3) is 0.533.